The lowest BCUT2D eigenvalue weighted by Crippen LogP contribution is -2.49. The summed E-state index contributed by atoms with van der Waals surface area (Å²) in [5, 5.41) is 0. The first-order valence-corrected chi connectivity index (χ1v) is 45.1. The number of hydrogen-bond donors (Lipinski definition) is 0. The second kappa shape index (κ2) is 63.7. The van der Waals surface area contributed by atoms with Crippen molar-refractivity contribution in [3.05, 3.63) is 0 Å². The van der Waals surface area contributed by atoms with Gasteiger partial charge in [0, 0.05) is 0 Å². The molecule has 536 valence electrons. The summed E-state index contributed by atoms with van der Waals surface area (Å²) < 4.78 is 133. The van der Waals surface area contributed by atoms with Gasteiger partial charge in [-0.3, -0.25) is 0 Å². The first-order valence-electron chi connectivity index (χ1n) is 38.8. The molecule has 0 aliphatic carbocycles. The molecule has 0 rings (SSSR count). The van der Waals surface area contributed by atoms with E-state index in [2.05, 4.69) is 27.7 Å². The largest absolute Gasteiger partial charge is 0.471 e. The molecule has 0 bridgehead atoms. The zero-order chi connectivity index (χ0) is 65.4. The van der Waals surface area contributed by atoms with Crippen LogP contribution in [-0.4, -0.2) is 62.8 Å². The van der Waals surface area contributed by atoms with E-state index in [9.17, 15) is 33.7 Å². The molecule has 0 aliphatic heterocycles. The van der Waals surface area contributed by atoms with Crippen LogP contribution in [0, 0.1) is 0 Å². The Kier molecular flexibility index (Phi) is 63.4. The molecule has 0 amide bonds. The Balaban J connectivity index is 5.90. The molecule has 12 nitrogen and oxygen atoms in total. The van der Waals surface area contributed by atoms with E-state index in [-0.39, 0.29) is 25.7 Å². The fourth-order valence-corrected chi connectivity index (χ4v) is 16.7. The highest BCUT2D eigenvalue weighted by atomic mass is 32.2. The number of rotatable bonds is 76. The molecule has 0 N–H and O–H groups in total. The summed E-state index contributed by atoms with van der Waals surface area (Å²) in [6.45, 7) is 8.97. The molecule has 0 aromatic rings. The van der Waals surface area contributed by atoms with Gasteiger partial charge in [-0.15, -0.1) is 0 Å². The average Bonchev–Trinajstić information content (AvgIpc) is 2.57. The predicted molar refractivity (Wildman–Crippen MR) is 380 cm³/mol. The molecule has 16 heteroatoms. The van der Waals surface area contributed by atoms with Crippen LogP contribution in [0.3, 0.4) is 0 Å². The van der Waals surface area contributed by atoms with E-state index in [1.54, 1.807) is 0 Å². The Bertz CT molecular complexity index is 1650. The fraction of sp³-hybridized carbons (Fsp3) is 1.00. The topological polar surface area (TPSA) is 173 Å². The minimum atomic E-state index is -4.90. The van der Waals surface area contributed by atoms with Crippen LogP contribution in [0.25, 0.3) is 0 Å². The molecule has 0 fully saturated rings. The van der Waals surface area contributed by atoms with Crippen molar-refractivity contribution < 1.29 is 50.4 Å². The molecule has 0 aromatic heterocycles. The van der Waals surface area contributed by atoms with Crippen molar-refractivity contribution in [3.8, 4) is 0 Å². The van der Waals surface area contributed by atoms with Gasteiger partial charge in [0.25, 0.3) is 40.5 Å². The highest BCUT2D eigenvalue weighted by Crippen LogP contribution is 2.31. The summed E-state index contributed by atoms with van der Waals surface area (Å²) in [6.07, 6.45) is 65.2. The molecular formula is C73H148O12S4. The lowest BCUT2D eigenvalue weighted by atomic mass is 10.0. The molecule has 0 heterocycles. The summed E-state index contributed by atoms with van der Waals surface area (Å²) in [7, 11) is -19.6. The summed E-state index contributed by atoms with van der Waals surface area (Å²) in [5.41, 5.74) is 0. The van der Waals surface area contributed by atoms with Crippen LogP contribution in [0.15, 0.2) is 0 Å². The third-order valence-electron chi connectivity index (χ3n) is 17.9. The average molecular weight is 1350 g/mol. The maximum Gasteiger partial charge on any atom is 0.471 e. The Labute approximate surface area is 555 Å². The van der Waals surface area contributed by atoms with E-state index in [4.69, 9.17) is 16.7 Å². The quantitative estimate of drug-likeness (QED) is 0.0321. The van der Waals surface area contributed by atoms with Crippen molar-refractivity contribution in [1.82, 2.24) is 0 Å². The van der Waals surface area contributed by atoms with Crippen LogP contribution in [0.4, 0.5) is 0 Å². The van der Waals surface area contributed by atoms with Gasteiger partial charge in [-0.25, -0.2) is 0 Å². The van der Waals surface area contributed by atoms with Gasteiger partial charge < -0.3 is 0 Å². The van der Waals surface area contributed by atoms with Crippen molar-refractivity contribution in [2.45, 2.75) is 445 Å². The number of unbranched alkanes of at least 4 members (excludes halogenated alkanes) is 60. The third kappa shape index (κ3) is 64.7. The standard InChI is InChI=1S/C73H148O12S4/c1-5-9-13-17-21-25-29-33-37-41-45-49-53-57-61-65-69-86(74,75)82-73(83-87(76,77)70-66-62-58-54-50-46-42-38-34-30-26-22-18-14-10-6-2,84-88(78,79)71-67-63-59-55-51-47-43-39-35-31-27-23-19-15-11-7-3)85-89(80,81)72-68-64-60-56-52-48-44-40-36-32-28-24-20-16-12-8-4/h5-72H2,1-4H3. The molecular weight excluding hydrogens is 1200 g/mol. The van der Waals surface area contributed by atoms with Gasteiger partial charge in [0.2, 0.25) is 0 Å². The molecule has 0 saturated heterocycles. The summed E-state index contributed by atoms with van der Waals surface area (Å²) in [4.78, 5) is 0. The van der Waals surface area contributed by atoms with E-state index in [0.29, 0.717) is 25.7 Å². The SMILES string of the molecule is CCCCCCCCCCCCCCCCCCS(=O)(=O)OC(OS(=O)(=O)CCCCCCCCCCCCCCCCCC)(OS(=O)(=O)CCCCCCCCCCCCCCCCCC)OS(=O)(=O)CCCCCCCCCCCCCCCCCC. The van der Waals surface area contributed by atoms with Gasteiger partial charge in [0.05, 0.1) is 23.0 Å². The maximum absolute atomic E-state index is 14.0. The Morgan fingerprint density at radius 1 is 0.157 bits per heavy atom. The van der Waals surface area contributed by atoms with Crippen LogP contribution in [0.2, 0.25) is 0 Å². The first kappa shape index (κ1) is 88.6. The molecule has 0 spiro atoms. The van der Waals surface area contributed by atoms with Crippen molar-refractivity contribution in [1.29, 1.82) is 0 Å². The second-order valence-corrected chi connectivity index (χ2v) is 33.9. The van der Waals surface area contributed by atoms with Crippen molar-refractivity contribution >= 4 is 40.5 Å². The minimum Gasteiger partial charge on any atom is -0.199 e. The van der Waals surface area contributed by atoms with Crippen LogP contribution in [0.5, 0.6) is 0 Å². The molecule has 0 aromatic carbocycles. The zero-order valence-electron chi connectivity index (χ0n) is 59.1. The summed E-state index contributed by atoms with van der Waals surface area (Å²) in [5.74, 6) is -2.61. The first-order chi connectivity index (χ1) is 43.1. The molecule has 89 heavy (non-hydrogen) atoms. The van der Waals surface area contributed by atoms with E-state index in [1.165, 1.54) is 257 Å². The van der Waals surface area contributed by atoms with Crippen LogP contribution >= 0.6 is 0 Å². The molecule has 0 aliphatic rings. The summed E-state index contributed by atoms with van der Waals surface area (Å²) in [6, 6.07) is 0. The van der Waals surface area contributed by atoms with Gasteiger partial charge >= 0.3 is 6.16 Å². The minimum absolute atomic E-state index is 0.112. The van der Waals surface area contributed by atoms with Crippen LogP contribution in [0.1, 0.15) is 439 Å². The molecule has 0 atom stereocenters. The predicted octanol–water partition coefficient (Wildman–Crippen LogP) is 24.0. The highest BCUT2D eigenvalue weighted by molar-refractivity contribution is 7.88. The Morgan fingerprint density at radius 2 is 0.247 bits per heavy atom. The lowest BCUT2D eigenvalue weighted by molar-refractivity contribution is -0.360. The summed E-state index contributed by atoms with van der Waals surface area (Å²) >= 11 is 0. The van der Waals surface area contributed by atoms with Crippen molar-refractivity contribution in [2.75, 3.05) is 23.0 Å². The van der Waals surface area contributed by atoms with E-state index < -0.39 is 69.6 Å². The highest BCUT2D eigenvalue weighted by Gasteiger charge is 2.53. The van der Waals surface area contributed by atoms with Gasteiger partial charge in [-0.2, -0.15) is 50.4 Å². The zero-order valence-corrected chi connectivity index (χ0v) is 62.4. The lowest BCUT2D eigenvalue weighted by Gasteiger charge is -2.29. The van der Waals surface area contributed by atoms with Crippen LogP contribution < -0.4 is 0 Å². The number of hydrogen-bond acceptors (Lipinski definition) is 12. The normalized spacial score (nSPS) is 12.7. The van der Waals surface area contributed by atoms with E-state index in [1.807, 2.05) is 0 Å². The van der Waals surface area contributed by atoms with Crippen molar-refractivity contribution in [2.24, 2.45) is 0 Å². The molecule has 0 unspecified atom stereocenters. The van der Waals surface area contributed by atoms with E-state index in [0.717, 1.165) is 103 Å². The monoisotopic (exact) mass is 1340 g/mol. The van der Waals surface area contributed by atoms with Gasteiger partial charge in [0.15, 0.2) is 0 Å². The Hall–Kier alpha value is -0.360. The molecule has 0 radical (unpaired) electrons. The van der Waals surface area contributed by atoms with Gasteiger partial charge in [-0.1, -0.05) is 413 Å². The van der Waals surface area contributed by atoms with Gasteiger partial charge in [0.1, 0.15) is 0 Å². The van der Waals surface area contributed by atoms with Crippen LogP contribution in [-0.2, 0) is 57.2 Å². The molecule has 0 saturated carbocycles. The van der Waals surface area contributed by atoms with Crippen molar-refractivity contribution in [3.63, 3.8) is 0 Å². The van der Waals surface area contributed by atoms with E-state index >= 15 is 0 Å². The van der Waals surface area contributed by atoms with Gasteiger partial charge in [-0.05, 0) is 25.7 Å². The third-order valence-corrected chi connectivity index (χ3v) is 22.9. The fourth-order valence-electron chi connectivity index (χ4n) is 12.2. The maximum atomic E-state index is 14.0. The smallest absolute Gasteiger partial charge is 0.199 e. The Morgan fingerprint density at radius 3 is 0.348 bits per heavy atom. The second-order valence-electron chi connectivity index (χ2n) is 27.1.